The molecule has 82 valence electrons. The van der Waals surface area contributed by atoms with Crippen molar-refractivity contribution in [3.05, 3.63) is 5.82 Å². The van der Waals surface area contributed by atoms with Gasteiger partial charge in [0.05, 0.1) is 11.6 Å². The van der Waals surface area contributed by atoms with E-state index in [1.54, 1.807) is 0 Å². The number of aromatic nitrogens is 4. The molecule has 0 saturated carbocycles. The average molecular weight is 211 g/mol. The Morgan fingerprint density at radius 3 is 3.07 bits per heavy atom. The predicted octanol–water partition coefficient (Wildman–Crippen LogP) is -0.503. The van der Waals surface area contributed by atoms with Gasteiger partial charge in [0.1, 0.15) is 0 Å². The quantitative estimate of drug-likeness (QED) is 0.687. The van der Waals surface area contributed by atoms with E-state index in [2.05, 4.69) is 25.9 Å². The first-order chi connectivity index (χ1) is 7.12. The number of H-pyrrole nitrogens is 1. The summed E-state index contributed by atoms with van der Waals surface area (Å²) in [6, 6.07) is 0. The number of nitrogens with one attached hydrogen (secondary N) is 2. The lowest BCUT2D eigenvalue weighted by atomic mass is 9.94. The van der Waals surface area contributed by atoms with E-state index in [1.807, 2.05) is 13.8 Å². The summed E-state index contributed by atoms with van der Waals surface area (Å²) in [6.45, 7) is 4.54. The van der Waals surface area contributed by atoms with E-state index in [9.17, 15) is 4.79 Å². The highest BCUT2D eigenvalue weighted by Crippen LogP contribution is 2.25. The van der Waals surface area contributed by atoms with E-state index in [4.69, 9.17) is 4.74 Å². The minimum atomic E-state index is -0.349. The Kier molecular flexibility index (Phi) is 2.39. The molecule has 2 heterocycles. The normalized spacial score (nSPS) is 30.4. The summed E-state index contributed by atoms with van der Waals surface area (Å²) >= 11 is 0. The highest BCUT2D eigenvalue weighted by Gasteiger charge is 2.39. The van der Waals surface area contributed by atoms with Gasteiger partial charge in [-0.1, -0.05) is 0 Å². The number of amides is 1. The molecule has 0 aliphatic carbocycles. The average Bonchev–Trinajstić information content (AvgIpc) is 2.78. The first kappa shape index (κ1) is 10.0. The molecule has 0 spiro atoms. The highest BCUT2D eigenvalue weighted by molar-refractivity contribution is 5.90. The maximum atomic E-state index is 11.7. The van der Waals surface area contributed by atoms with Crippen molar-refractivity contribution in [2.75, 3.05) is 6.61 Å². The molecule has 15 heavy (non-hydrogen) atoms. The SMILES string of the molecule is CC1OCCC1(C)NC(=O)c1nn[nH]n1. The van der Waals surface area contributed by atoms with Gasteiger partial charge in [0.2, 0.25) is 0 Å². The third kappa shape index (κ3) is 1.82. The van der Waals surface area contributed by atoms with Gasteiger partial charge in [0, 0.05) is 6.61 Å². The highest BCUT2D eigenvalue weighted by atomic mass is 16.5. The number of aromatic amines is 1. The fourth-order valence-electron chi connectivity index (χ4n) is 1.57. The van der Waals surface area contributed by atoms with Crippen molar-refractivity contribution in [1.29, 1.82) is 0 Å². The largest absolute Gasteiger partial charge is 0.376 e. The number of nitrogens with zero attached hydrogens (tertiary/aromatic N) is 3. The van der Waals surface area contributed by atoms with Crippen molar-refractivity contribution in [1.82, 2.24) is 25.9 Å². The topological polar surface area (TPSA) is 92.8 Å². The fourth-order valence-corrected chi connectivity index (χ4v) is 1.57. The van der Waals surface area contributed by atoms with E-state index >= 15 is 0 Å². The number of hydrogen-bond acceptors (Lipinski definition) is 5. The minimum absolute atomic E-state index is 0.00616. The van der Waals surface area contributed by atoms with Crippen LogP contribution in [0.25, 0.3) is 0 Å². The molecule has 0 bridgehead atoms. The van der Waals surface area contributed by atoms with Gasteiger partial charge >= 0.3 is 0 Å². The summed E-state index contributed by atoms with van der Waals surface area (Å²) in [6.07, 6.45) is 0.783. The van der Waals surface area contributed by atoms with Crippen LogP contribution in [0.1, 0.15) is 30.9 Å². The summed E-state index contributed by atoms with van der Waals surface area (Å²) in [5.41, 5.74) is -0.349. The second kappa shape index (κ2) is 3.58. The lowest BCUT2D eigenvalue weighted by Crippen LogP contribution is -2.50. The number of rotatable bonds is 2. The van der Waals surface area contributed by atoms with E-state index in [1.165, 1.54) is 0 Å². The fraction of sp³-hybridized carbons (Fsp3) is 0.750. The Morgan fingerprint density at radius 2 is 2.53 bits per heavy atom. The summed E-state index contributed by atoms with van der Waals surface area (Å²) in [4.78, 5) is 11.7. The van der Waals surface area contributed by atoms with E-state index in [0.717, 1.165) is 6.42 Å². The van der Waals surface area contributed by atoms with Crippen LogP contribution < -0.4 is 5.32 Å². The van der Waals surface area contributed by atoms with E-state index in [-0.39, 0.29) is 23.4 Å². The maximum Gasteiger partial charge on any atom is 0.293 e. The van der Waals surface area contributed by atoms with Gasteiger partial charge < -0.3 is 10.1 Å². The Balaban J connectivity index is 2.06. The minimum Gasteiger partial charge on any atom is -0.376 e. The van der Waals surface area contributed by atoms with E-state index in [0.29, 0.717) is 6.61 Å². The van der Waals surface area contributed by atoms with Crippen LogP contribution in [0.15, 0.2) is 0 Å². The number of carbonyl (C=O) groups is 1. The first-order valence-electron chi connectivity index (χ1n) is 4.79. The van der Waals surface area contributed by atoms with Crippen LogP contribution in [0.4, 0.5) is 0 Å². The lowest BCUT2D eigenvalue weighted by molar-refractivity contribution is 0.0720. The third-order valence-corrected chi connectivity index (χ3v) is 2.83. The molecule has 2 unspecified atom stereocenters. The van der Waals surface area contributed by atoms with Crippen LogP contribution in [-0.4, -0.2) is 44.8 Å². The van der Waals surface area contributed by atoms with Gasteiger partial charge in [-0.15, -0.1) is 10.2 Å². The van der Waals surface area contributed by atoms with Crippen molar-refractivity contribution >= 4 is 5.91 Å². The van der Waals surface area contributed by atoms with Crippen molar-refractivity contribution < 1.29 is 9.53 Å². The van der Waals surface area contributed by atoms with E-state index < -0.39 is 0 Å². The number of carbonyl (C=O) groups excluding carboxylic acids is 1. The Bertz CT molecular complexity index is 352. The second-order valence-corrected chi connectivity index (χ2v) is 3.87. The van der Waals surface area contributed by atoms with Crippen LogP contribution in [-0.2, 0) is 4.74 Å². The Morgan fingerprint density at radius 1 is 1.73 bits per heavy atom. The monoisotopic (exact) mass is 211 g/mol. The Labute approximate surface area is 86.6 Å². The van der Waals surface area contributed by atoms with Crippen molar-refractivity contribution in [2.24, 2.45) is 0 Å². The van der Waals surface area contributed by atoms with Crippen LogP contribution in [0, 0.1) is 0 Å². The zero-order valence-corrected chi connectivity index (χ0v) is 8.65. The zero-order valence-electron chi connectivity index (χ0n) is 8.65. The van der Waals surface area contributed by atoms with Gasteiger partial charge in [-0.3, -0.25) is 4.79 Å². The van der Waals surface area contributed by atoms with Crippen LogP contribution >= 0.6 is 0 Å². The molecule has 1 aromatic rings. The standard InChI is InChI=1S/C8H13N5O2/c1-5-8(2,3-4-15-5)9-7(14)6-10-12-13-11-6/h5H,3-4H2,1-2H3,(H,9,14)(H,10,11,12,13). The molecule has 7 nitrogen and oxygen atoms in total. The molecule has 2 atom stereocenters. The summed E-state index contributed by atoms with van der Waals surface area (Å²) < 4.78 is 5.41. The molecular formula is C8H13N5O2. The Hall–Kier alpha value is -1.50. The van der Waals surface area contributed by atoms with Gasteiger partial charge in [-0.25, -0.2) is 0 Å². The molecule has 2 N–H and O–H groups in total. The van der Waals surface area contributed by atoms with Gasteiger partial charge in [0.15, 0.2) is 0 Å². The maximum absolute atomic E-state index is 11.7. The molecule has 1 aromatic heterocycles. The van der Waals surface area contributed by atoms with Crippen molar-refractivity contribution in [3.8, 4) is 0 Å². The molecule has 7 heteroatoms. The van der Waals surface area contributed by atoms with Gasteiger partial charge in [0.25, 0.3) is 11.7 Å². The lowest BCUT2D eigenvalue weighted by Gasteiger charge is -2.28. The van der Waals surface area contributed by atoms with Crippen LogP contribution in [0.3, 0.4) is 0 Å². The smallest absolute Gasteiger partial charge is 0.293 e. The number of tetrazole rings is 1. The number of ether oxygens (including phenoxy) is 1. The predicted molar refractivity (Wildman–Crippen MR) is 50.1 cm³/mol. The molecule has 1 amide bonds. The molecule has 1 aliphatic rings. The molecular weight excluding hydrogens is 198 g/mol. The molecule has 1 aliphatic heterocycles. The molecule has 2 rings (SSSR count). The third-order valence-electron chi connectivity index (χ3n) is 2.83. The molecule has 1 saturated heterocycles. The molecule has 1 fully saturated rings. The molecule has 0 aromatic carbocycles. The molecule has 0 radical (unpaired) electrons. The number of hydrogen-bond donors (Lipinski definition) is 2. The first-order valence-corrected chi connectivity index (χ1v) is 4.79. The van der Waals surface area contributed by atoms with Crippen LogP contribution in [0.2, 0.25) is 0 Å². The summed E-state index contributed by atoms with van der Waals surface area (Å²) in [5, 5.41) is 15.7. The van der Waals surface area contributed by atoms with Crippen molar-refractivity contribution in [2.45, 2.75) is 31.9 Å². The van der Waals surface area contributed by atoms with Crippen LogP contribution in [0.5, 0.6) is 0 Å². The summed E-state index contributed by atoms with van der Waals surface area (Å²) in [5.74, 6) is -0.279. The summed E-state index contributed by atoms with van der Waals surface area (Å²) in [7, 11) is 0. The zero-order chi connectivity index (χ0) is 10.9. The van der Waals surface area contributed by atoms with Crippen molar-refractivity contribution in [3.63, 3.8) is 0 Å². The van der Waals surface area contributed by atoms with Gasteiger partial charge in [-0.05, 0) is 25.5 Å². The van der Waals surface area contributed by atoms with Gasteiger partial charge in [-0.2, -0.15) is 5.21 Å². The second-order valence-electron chi connectivity index (χ2n) is 3.87.